The number of nitrogens with one attached hydrogen (secondary N) is 2. The van der Waals surface area contributed by atoms with Gasteiger partial charge < -0.3 is 10.6 Å². The van der Waals surface area contributed by atoms with Crippen molar-refractivity contribution in [3.8, 4) is 0 Å². The molecule has 0 saturated heterocycles. The number of anilines is 1. The molecular formula is C18H22N2O. The van der Waals surface area contributed by atoms with Gasteiger partial charge in [-0.2, -0.15) is 0 Å². The monoisotopic (exact) mass is 282 g/mol. The summed E-state index contributed by atoms with van der Waals surface area (Å²) < 4.78 is 0. The molecule has 0 spiro atoms. The number of rotatable bonds is 7. The molecule has 21 heavy (non-hydrogen) atoms. The number of benzene rings is 2. The highest BCUT2D eigenvalue weighted by molar-refractivity contribution is 5.78. The highest BCUT2D eigenvalue weighted by Gasteiger charge is 2.01. The molecule has 2 N–H and O–H groups in total. The van der Waals surface area contributed by atoms with E-state index in [-0.39, 0.29) is 5.91 Å². The topological polar surface area (TPSA) is 41.1 Å². The molecule has 0 radical (unpaired) electrons. The van der Waals surface area contributed by atoms with E-state index in [1.165, 1.54) is 5.56 Å². The van der Waals surface area contributed by atoms with Crippen LogP contribution in [0.5, 0.6) is 0 Å². The fraction of sp³-hybridized carbons (Fsp3) is 0.278. The zero-order valence-electron chi connectivity index (χ0n) is 12.4. The molecule has 0 unspecified atom stereocenters. The van der Waals surface area contributed by atoms with Gasteiger partial charge in [0.1, 0.15) is 0 Å². The van der Waals surface area contributed by atoms with Crippen molar-refractivity contribution in [3.05, 3.63) is 65.7 Å². The van der Waals surface area contributed by atoms with Crippen LogP contribution in [0, 0.1) is 0 Å². The van der Waals surface area contributed by atoms with Crippen molar-refractivity contribution < 1.29 is 4.79 Å². The van der Waals surface area contributed by atoms with Crippen LogP contribution in [0.3, 0.4) is 0 Å². The summed E-state index contributed by atoms with van der Waals surface area (Å²) in [4.78, 5) is 11.5. The highest BCUT2D eigenvalue weighted by Crippen LogP contribution is 2.10. The van der Waals surface area contributed by atoms with Crippen LogP contribution >= 0.6 is 0 Å². The van der Waals surface area contributed by atoms with Crippen molar-refractivity contribution in [2.45, 2.75) is 19.8 Å². The zero-order valence-corrected chi connectivity index (χ0v) is 12.4. The van der Waals surface area contributed by atoms with Crippen LogP contribution in [0.2, 0.25) is 0 Å². The SMILES string of the molecule is CCNC(=O)Cc1ccc(NCCc2ccccc2)cc1. The molecular weight excluding hydrogens is 260 g/mol. The summed E-state index contributed by atoms with van der Waals surface area (Å²) in [6, 6.07) is 18.5. The summed E-state index contributed by atoms with van der Waals surface area (Å²) in [6.45, 7) is 3.51. The predicted molar refractivity (Wildman–Crippen MR) is 87.5 cm³/mol. The Morgan fingerprint density at radius 3 is 2.33 bits per heavy atom. The summed E-state index contributed by atoms with van der Waals surface area (Å²) in [6.07, 6.45) is 1.44. The van der Waals surface area contributed by atoms with Crippen molar-refractivity contribution in [2.24, 2.45) is 0 Å². The Bertz CT molecular complexity index is 549. The lowest BCUT2D eigenvalue weighted by molar-refractivity contribution is -0.120. The molecule has 1 amide bonds. The number of amides is 1. The summed E-state index contributed by atoms with van der Waals surface area (Å²) in [7, 11) is 0. The number of carbonyl (C=O) groups is 1. The Kier molecular flexibility index (Phi) is 5.83. The van der Waals surface area contributed by atoms with Gasteiger partial charge in [-0.3, -0.25) is 4.79 Å². The number of likely N-dealkylation sites (N-methyl/N-ethyl adjacent to an activating group) is 1. The van der Waals surface area contributed by atoms with E-state index in [0.717, 1.165) is 24.2 Å². The number of carbonyl (C=O) groups excluding carboxylic acids is 1. The van der Waals surface area contributed by atoms with Gasteiger partial charge in [0.15, 0.2) is 0 Å². The largest absolute Gasteiger partial charge is 0.385 e. The molecule has 110 valence electrons. The lowest BCUT2D eigenvalue weighted by Crippen LogP contribution is -2.24. The maximum absolute atomic E-state index is 11.5. The molecule has 0 atom stereocenters. The second kappa shape index (κ2) is 8.10. The fourth-order valence-electron chi connectivity index (χ4n) is 2.18. The lowest BCUT2D eigenvalue weighted by atomic mass is 10.1. The average molecular weight is 282 g/mol. The number of hydrogen-bond donors (Lipinski definition) is 2. The molecule has 0 aliphatic heterocycles. The Morgan fingerprint density at radius 2 is 1.67 bits per heavy atom. The molecule has 0 aliphatic carbocycles. The quantitative estimate of drug-likeness (QED) is 0.819. The summed E-state index contributed by atoms with van der Waals surface area (Å²) >= 11 is 0. The van der Waals surface area contributed by atoms with Gasteiger partial charge in [0.05, 0.1) is 6.42 Å². The van der Waals surface area contributed by atoms with Crippen molar-refractivity contribution >= 4 is 11.6 Å². The van der Waals surface area contributed by atoms with Crippen molar-refractivity contribution in [3.63, 3.8) is 0 Å². The maximum Gasteiger partial charge on any atom is 0.224 e. The van der Waals surface area contributed by atoms with Crippen LogP contribution in [0.15, 0.2) is 54.6 Å². The molecule has 0 fully saturated rings. The van der Waals surface area contributed by atoms with Gasteiger partial charge in [-0.15, -0.1) is 0 Å². The van der Waals surface area contributed by atoms with Gasteiger partial charge >= 0.3 is 0 Å². The maximum atomic E-state index is 11.5. The standard InChI is InChI=1S/C18H22N2O/c1-2-19-18(21)14-16-8-10-17(11-9-16)20-13-12-15-6-4-3-5-7-15/h3-11,20H,2,12-14H2,1H3,(H,19,21). The Hall–Kier alpha value is -2.29. The summed E-state index contributed by atoms with van der Waals surface area (Å²) in [5.41, 5.74) is 3.46. The molecule has 2 aromatic carbocycles. The average Bonchev–Trinajstić information content (AvgIpc) is 2.50. The minimum atomic E-state index is 0.0716. The molecule has 3 nitrogen and oxygen atoms in total. The summed E-state index contributed by atoms with van der Waals surface area (Å²) in [5.74, 6) is 0.0716. The van der Waals surface area contributed by atoms with Gasteiger partial charge in [-0.1, -0.05) is 42.5 Å². The molecule has 0 aromatic heterocycles. The van der Waals surface area contributed by atoms with Crippen LogP contribution in [-0.4, -0.2) is 19.0 Å². The van der Waals surface area contributed by atoms with E-state index in [9.17, 15) is 4.79 Å². The number of hydrogen-bond acceptors (Lipinski definition) is 2. The van der Waals surface area contributed by atoms with E-state index in [0.29, 0.717) is 13.0 Å². The van der Waals surface area contributed by atoms with Gasteiger partial charge in [0.2, 0.25) is 5.91 Å². The van der Waals surface area contributed by atoms with Gasteiger partial charge in [-0.25, -0.2) is 0 Å². The smallest absolute Gasteiger partial charge is 0.224 e. The third-order valence-electron chi connectivity index (χ3n) is 3.28. The molecule has 0 heterocycles. The first-order chi connectivity index (χ1) is 10.3. The van der Waals surface area contributed by atoms with E-state index >= 15 is 0 Å². The minimum Gasteiger partial charge on any atom is -0.385 e. The second-order valence-electron chi connectivity index (χ2n) is 4.99. The molecule has 2 rings (SSSR count). The predicted octanol–water partition coefficient (Wildman–Crippen LogP) is 3.02. The van der Waals surface area contributed by atoms with Crippen molar-refractivity contribution in [1.82, 2.24) is 5.32 Å². The highest BCUT2D eigenvalue weighted by atomic mass is 16.1. The van der Waals surface area contributed by atoms with E-state index < -0.39 is 0 Å². The summed E-state index contributed by atoms with van der Waals surface area (Å²) in [5, 5.41) is 6.20. The van der Waals surface area contributed by atoms with Crippen molar-refractivity contribution in [1.29, 1.82) is 0 Å². The molecule has 0 saturated carbocycles. The third-order valence-corrected chi connectivity index (χ3v) is 3.28. The van der Waals surface area contributed by atoms with Crippen LogP contribution < -0.4 is 10.6 Å². The molecule has 3 heteroatoms. The zero-order chi connectivity index (χ0) is 14.9. The van der Waals surface area contributed by atoms with E-state index in [1.54, 1.807) is 0 Å². The first-order valence-electron chi connectivity index (χ1n) is 7.41. The first-order valence-corrected chi connectivity index (χ1v) is 7.41. The van der Waals surface area contributed by atoms with Crippen molar-refractivity contribution in [2.75, 3.05) is 18.4 Å². The third kappa shape index (κ3) is 5.30. The van der Waals surface area contributed by atoms with E-state index in [1.807, 2.05) is 37.3 Å². The van der Waals surface area contributed by atoms with Crippen LogP contribution in [0.1, 0.15) is 18.1 Å². The van der Waals surface area contributed by atoms with Gasteiger partial charge in [0, 0.05) is 18.8 Å². The van der Waals surface area contributed by atoms with E-state index in [2.05, 4.69) is 34.9 Å². The molecule has 0 bridgehead atoms. The normalized spacial score (nSPS) is 10.1. The van der Waals surface area contributed by atoms with Crippen LogP contribution in [0.25, 0.3) is 0 Å². The van der Waals surface area contributed by atoms with Gasteiger partial charge in [0.25, 0.3) is 0 Å². The minimum absolute atomic E-state index is 0.0716. The first kappa shape index (κ1) is 15.1. The second-order valence-corrected chi connectivity index (χ2v) is 4.99. The Morgan fingerprint density at radius 1 is 0.952 bits per heavy atom. The van der Waals surface area contributed by atoms with Crippen LogP contribution in [-0.2, 0) is 17.6 Å². The lowest BCUT2D eigenvalue weighted by Gasteiger charge is -2.08. The van der Waals surface area contributed by atoms with E-state index in [4.69, 9.17) is 0 Å². The fourth-order valence-corrected chi connectivity index (χ4v) is 2.18. The van der Waals surface area contributed by atoms with Crippen LogP contribution in [0.4, 0.5) is 5.69 Å². The Labute approximate surface area is 126 Å². The molecule has 0 aliphatic rings. The molecule has 2 aromatic rings. The Balaban J connectivity index is 1.78. The van der Waals surface area contributed by atoms with Gasteiger partial charge in [-0.05, 0) is 36.6 Å².